The molecule has 1 fully saturated rings. The van der Waals surface area contributed by atoms with E-state index in [9.17, 15) is 0 Å². The Hall–Kier alpha value is 0.310. The minimum Gasteiger partial charge on any atom is -0.330 e. The fourth-order valence-corrected chi connectivity index (χ4v) is 3.44. The highest BCUT2D eigenvalue weighted by molar-refractivity contribution is 8.00. The average molecular weight is 187 g/mol. The third-order valence-corrected chi connectivity index (χ3v) is 4.10. The first-order valence-corrected chi connectivity index (χ1v) is 6.04. The van der Waals surface area contributed by atoms with Gasteiger partial charge in [-0.1, -0.05) is 26.7 Å². The first kappa shape index (κ1) is 10.4. The zero-order valence-electron chi connectivity index (χ0n) is 8.25. The summed E-state index contributed by atoms with van der Waals surface area (Å²) in [6.45, 7) is 5.46. The molecule has 0 aromatic rings. The monoisotopic (exact) mass is 187 g/mol. The van der Waals surface area contributed by atoms with Gasteiger partial charge in [0, 0.05) is 5.25 Å². The van der Waals surface area contributed by atoms with E-state index < -0.39 is 0 Å². The minimum atomic E-state index is 0.766. The van der Waals surface area contributed by atoms with Gasteiger partial charge < -0.3 is 5.73 Å². The standard InChI is InChI=1S/C10H21NS/c1-8(2)12-10-6-4-3-5-9(10)7-11/h8-10H,3-7,11H2,1-2H3. The largest absolute Gasteiger partial charge is 0.330 e. The lowest BCUT2D eigenvalue weighted by Gasteiger charge is -2.31. The molecule has 2 N–H and O–H groups in total. The molecule has 0 radical (unpaired) electrons. The fraction of sp³-hybridized carbons (Fsp3) is 1.00. The first-order valence-electron chi connectivity index (χ1n) is 5.09. The molecule has 1 rings (SSSR count). The Morgan fingerprint density at radius 1 is 1.33 bits per heavy atom. The van der Waals surface area contributed by atoms with Crippen LogP contribution < -0.4 is 5.73 Å². The molecule has 0 saturated heterocycles. The van der Waals surface area contributed by atoms with Crippen LogP contribution in [0.4, 0.5) is 0 Å². The molecule has 0 aromatic heterocycles. The molecule has 0 bridgehead atoms. The summed E-state index contributed by atoms with van der Waals surface area (Å²) >= 11 is 2.13. The van der Waals surface area contributed by atoms with Crippen LogP contribution in [0.1, 0.15) is 39.5 Å². The van der Waals surface area contributed by atoms with E-state index in [1.807, 2.05) is 0 Å². The normalized spacial score (nSPS) is 31.0. The van der Waals surface area contributed by atoms with Crippen molar-refractivity contribution < 1.29 is 0 Å². The summed E-state index contributed by atoms with van der Waals surface area (Å²) in [4.78, 5) is 0. The van der Waals surface area contributed by atoms with E-state index in [0.29, 0.717) is 0 Å². The highest BCUT2D eigenvalue weighted by Gasteiger charge is 2.24. The maximum Gasteiger partial charge on any atom is 0.00899 e. The lowest BCUT2D eigenvalue weighted by atomic mass is 9.89. The van der Waals surface area contributed by atoms with Gasteiger partial charge in [0.05, 0.1) is 0 Å². The fourth-order valence-electron chi connectivity index (χ4n) is 1.97. The van der Waals surface area contributed by atoms with Crippen LogP contribution in [0.25, 0.3) is 0 Å². The van der Waals surface area contributed by atoms with Crippen LogP contribution in [-0.2, 0) is 0 Å². The van der Waals surface area contributed by atoms with E-state index >= 15 is 0 Å². The van der Waals surface area contributed by atoms with Gasteiger partial charge in [-0.3, -0.25) is 0 Å². The summed E-state index contributed by atoms with van der Waals surface area (Å²) in [6.07, 6.45) is 5.57. The number of rotatable bonds is 3. The predicted octanol–water partition coefficient (Wildman–Crippen LogP) is 2.65. The highest BCUT2D eigenvalue weighted by Crippen LogP contribution is 2.34. The highest BCUT2D eigenvalue weighted by atomic mass is 32.2. The molecule has 0 amide bonds. The Balaban J connectivity index is 2.36. The molecule has 1 aliphatic rings. The average Bonchev–Trinajstić information content (AvgIpc) is 2.04. The summed E-state index contributed by atoms with van der Waals surface area (Å²) in [5.74, 6) is 0.797. The van der Waals surface area contributed by atoms with Crippen molar-refractivity contribution >= 4 is 11.8 Å². The molecule has 2 unspecified atom stereocenters. The first-order chi connectivity index (χ1) is 5.74. The molecule has 1 nitrogen and oxygen atoms in total. The topological polar surface area (TPSA) is 26.0 Å². The van der Waals surface area contributed by atoms with Gasteiger partial charge in [0.2, 0.25) is 0 Å². The molecule has 0 aliphatic heterocycles. The van der Waals surface area contributed by atoms with Gasteiger partial charge >= 0.3 is 0 Å². The zero-order valence-corrected chi connectivity index (χ0v) is 9.07. The molecule has 72 valence electrons. The van der Waals surface area contributed by atoms with Crippen molar-refractivity contribution in [1.82, 2.24) is 0 Å². The van der Waals surface area contributed by atoms with E-state index in [2.05, 4.69) is 25.6 Å². The summed E-state index contributed by atoms with van der Waals surface area (Å²) in [7, 11) is 0. The quantitative estimate of drug-likeness (QED) is 0.735. The molecule has 12 heavy (non-hydrogen) atoms. The summed E-state index contributed by atoms with van der Waals surface area (Å²) in [5.41, 5.74) is 5.76. The molecule has 0 spiro atoms. The third-order valence-electron chi connectivity index (χ3n) is 2.59. The minimum absolute atomic E-state index is 0.766. The van der Waals surface area contributed by atoms with Crippen molar-refractivity contribution in [2.45, 2.75) is 50.0 Å². The van der Waals surface area contributed by atoms with Gasteiger partial charge in [-0.2, -0.15) is 11.8 Å². The molecular formula is C10H21NS. The summed E-state index contributed by atoms with van der Waals surface area (Å²) < 4.78 is 0. The summed E-state index contributed by atoms with van der Waals surface area (Å²) in [6, 6.07) is 0. The Morgan fingerprint density at radius 2 is 2.00 bits per heavy atom. The van der Waals surface area contributed by atoms with Gasteiger partial charge in [-0.15, -0.1) is 0 Å². The van der Waals surface area contributed by atoms with Crippen LogP contribution in [0.15, 0.2) is 0 Å². The van der Waals surface area contributed by atoms with Crippen molar-refractivity contribution in [2.75, 3.05) is 6.54 Å². The molecule has 2 heteroatoms. The maximum atomic E-state index is 5.76. The van der Waals surface area contributed by atoms with E-state index in [4.69, 9.17) is 5.73 Å². The van der Waals surface area contributed by atoms with Crippen molar-refractivity contribution in [3.8, 4) is 0 Å². The maximum absolute atomic E-state index is 5.76. The third kappa shape index (κ3) is 2.98. The van der Waals surface area contributed by atoms with Gasteiger partial charge in [-0.05, 0) is 30.6 Å². The predicted molar refractivity (Wildman–Crippen MR) is 57.5 cm³/mol. The second-order valence-electron chi connectivity index (χ2n) is 4.00. The van der Waals surface area contributed by atoms with Crippen molar-refractivity contribution in [3.05, 3.63) is 0 Å². The zero-order chi connectivity index (χ0) is 8.97. The van der Waals surface area contributed by atoms with Gasteiger partial charge in [0.25, 0.3) is 0 Å². The van der Waals surface area contributed by atoms with Crippen LogP contribution in [0.5, 0.6) is 0 Å². The van der Waals surface area contributed by atoms with Crippen molar-refractivity contribution in [3.63, 3.8) is 0 Å². The van der Waals surface area contributed by atoms with Crippen LogP contribution in [0.2, 0.25) is 0 Å². The smallest absolute Gasteiger partial charge is 0.00899 e. The molecule has 0 heterocycles. The van der Waals surface area contributed by atoms with Gasteiger partial charge in [0.1, 0.15) is 0 Å². The van der Waals surface area contributed by atoms with Crippen molar-refractivity contribution in [2.24, 2.45) is 11.7 Å². The second kappa shape index (κ2) is 5.13. The van der Waals surface area contributed by atoms with E-state index in [-0.39, 0.29) is 0 Å². The molecule has 1 saturated carbocycles. The number of thioether (sulfide) groups is 1. The van der Waals surface area contributed by atoms with E-state index in [0.717, 1.165) is 23.0 Å². The van der Waals surface area contributed by atoms with E-state index in [1.54, 1.807) is 0 Å². The van der Waals surface area contributed by atoms with Crippen LogP contribution >= 0.6 is 11.8 Å². The Labute approximate surface area is 80.5 Å². The molecule has 0 aromatic carbocycles. The second-order valence-corrected chi connectivity index (χ2v) is 5.82. The van der Waals surface area contributed by atoms with Gasteiger partial charge in [-0.25, -0.2) is 0 Å². The Bertz CT molecular complexity index is 125. The Morgan fingerprint density at radius 3 is 2.58 bits per heavy atom. The van der Waals surface area contributed by atoms with Crippen LogP contribution in [0.3, 0.4) is 0 Å². The molecular weight excluding hydrogens is 166 g/mol. The summed E-state index contributed by atoms with van der Waals surface area (Å²) in [5, 5.41) is 1.62. The van der Waals surface area contributed by atoms with E-state index in [1.165, 1.54) is 25.7 Å². The Kier molecular flexibility index (Phi) is 4.44. The number of hydrogen-bond acceptors (Lipinski definition) is 2. The molecule has 2 atom stereocenters. The van der Waals surface area contributed by atoms with Crippen molar-refractivity contribution in [1.29, 1.82) is 0 Å². The van der Waals surface area contributed by atoms with Gasteiger partial charge in [0.15, 0.2) is 0 Å². The number of hydrogen-bond donors (Lipinski definition) is 1. The SMILES string of the molecule is CC(C)SC1CCCCC1CN. The lowest BCUT2D eigenvalue weighted by Crippen LogP contribution is -2.29. The number of nitrogens with two attached hydrogens (primary N) is 1. The van der Waals surface area contributed by atoms with Crippen LogP contribution in [-0.4, -0.2) is 17.0 Å². The van der Waals surface area contributed by atoms with Crippen LogP contribution in [0, 0.1) is 5.92 Å². The lowest BCUT2D eigenvalue weighted by molar-refractivity contribution is 0.377. The molecule has 1 aliphatic carbocycles.